The van der Waals surface area contributed by atoms with Gasteiger partial charge < -0.3 is 25.4 Å². The molecule has 4 atom stereocenters. The third kappa shape index (κ3) is 4.46. The molecule has 4 rings (SSSR count). The van der Waals surface area contributed by atoms with Crippen LogP contribution in [0.3, 0.4) is 0 Å². The van der Waals surface area contributed by atoms with Gasteiger partial charge in [-0.15, -0.1) is 0 Å². The minimum atomic E-state index is -1.53. The van der Waals surface area contributed by atoms with Gasteiger partial charge in [-0.2, -0.15) is 0 Å². The number of nitrogens with zero attached hydrogens (tertiary/aromatic N) is 1. The number of aliphatic hydroxyl groups excluding tert-OH is 2. The van der Waals surface area contributed by atoms with Crippen molar-refractivity contribution in [2.75, 3.05) is 6.54 Å². The molecule has 34 heavy (non-hydrogen) atoms. The summed E-state index contributed by atoms with van der Waals surface area (Å²) in [5, 5.41) is 33.1. The van der Waals surface area contributed by atoms with E-state index in [0.717, 1.165) is 29.0 Å². The fourth-order valence-electron chi connectivity index (χ4n) is 3.62. The Balaban J connectivity index is 1.48. The number of rotatable bonds is 5. The molecular weight excluding hydrogens is 456 g/mol. The number of nitrogens with one attached hydrogen (secondary N) is 2. The van der Waals surface area contributed by atoms with Gasteiger partial charge in [-0.3, -0.25) is 19.1 Å². The van der Waals surface area contributed by atoms with Crippen molar-refractivity contribution in [1.82, 2.24) is 14.9 Å². The van der Waals surface area contributed by atoms with Gasteiger partial charge in [0.05, 0.1) is 5.56 Å². The van der Waals surface area contributed by atoms with Crippen molar-refractivity contribution in [3.05, 3.63) is 86.7 Å². The first-order chi connectivity index (χ1) is 16.2. The molecule has 1 aliphatic rings. The number of carbonyl (C=O) groups excluding carboxylic acids is 1. The predicted octanol–water partition coefficient (Wildman–Crippen LogP) is 0.237. The maximum absolute atomic E-state index is 13.6. The van der Waals surface area contributed by atoms with Crippen molar-refractivity contribution in [1.29, 1.82) is 0 Å². The Kier molecular flexibility index (Phi) is 6.28. The van der Waals surface area contributed by atoms with Crippen LogP contribution in [0.1, 0.15) is 16.6 Å². The van der Waals surface area contributed by atoms with Crippen LogP contribution in [0.25, 0.3) is 11.1 Å². The molecule has 10 nitrogen and oxygen atoms in total. The highest BCUT2D eigenvalue weighted by atomic mass is 19.2. The first-order valence-electron chi connectivity index (χ1n) is 10.1. The lowest BCUT2D eigenvalue weighted by atomic mass is 10.0. The molecule has 1 fully saturated rings. The number of phenols is 1. The summed E-state index contributed by atoms with van der Waals surface area (Å²) in [6, 6.07) is 8.16. The Bertz CT molecular complexity index is 1360. The maximum atomic E-state index is 13.6. The van der Waals surface area contributed by atoms with Crippen molar-refractivity contribution >= 4 is 5.91 Å². The molecule has 2 heterocycles. The summed E-state index contributed by atoms with van der Waals surface area (Å²) < 4.78 is 33.2. The summed E-state index contributed by atoms with van der Waals surface area (Å²) in [6.07, 6.45) is -4.35. The Hall–Kier alpha value is -3.87. The Labute approximate surface area is 189 Å². The minimum Gasteiger partial charge on any atom is -0.507 e. The molecule has 1 aromatic heterocycles. The van der Waals surface area contributed by atoms with Crippen LogP contribution in [0.4, 0.5) is 8.78 Å². The molecule has 0 saturated carbocycles. The first-order valence-corrected chi connectivity index (χ1v) is 10.1. The van der Waals surface area contributed by atoms with Gasteiger partial charge in [-0.1, -0.05) is 12.1 Å². The molecule has 1 saturated heterocycles. The number of phenolic OH excluding ortho intramolecular Hbond substituents is 1. The van der Waals surface area contributed by atoms with Crippen LogP contribution in [-0.4, -0.2) is 55.6 Å². The summed E-state index contributed by atoms with van der Waals surface area (Å²) in [4.78, 5) is 37.8. The molecule has 0 radical (unpaired) electrons. The van der Waals surface area contributed by atoms with Crippen LogP contribution in [-0.2, 0) is 4.74 Å². The highest BCUT2D eigenvalue weighted by Crippen LogP contribution is 2.29. The first kappa shape index (κ1) is 23.3. The number of hydrogen-bond acceptors (Lipinski definition) is 7. The smallest absolute Gasteiger partial charge is 0.330 e. The average molecular weight is 475 g/mol. The van der Waals surface area contributed by atoms with Crippen molar-refractivity contribution in [2.45, 2.75) is 24.5 Å². The molecule has 3 aromatic rings. The van der Waals surface area contributed by atoms with Crippen LogP contribution in [0.2, 0.25) is 0 Å². The summed E-state index contributed by atoms with van der Waals surface area (Å²) in [7, 11) is 0. The molecule has 0 unspecified atom stereocenters. The van der Waals surface area contributed by atoms with Crippen LogP contribution in [0.15, 0.2) is 58.3 Å². The van der Waals surface area contributed by atoms with Gasteiger partial charge in [0.2, 0.25) is 0 Å². The zero-order valence-electron chi connectivity index (χ0n) is 17.3. The number of halogens is 2. The molecular formula is C22H19F2N3O7. The van der Waals surface area contributed by atoms with Gasteiger partial charge in [0, 0.05) is 18.8 Å². The summed E-state index contributed by atoms with van der Waals surface area (Å²) in [6.45, 7) is -0.305. The van der Waals surface area contributed by atoms with Crippen molar-refractivity contribution < 1.29 is 33.6 Å². The number of hydrogen-bond donors (Lipinski definition) is 5. The number of H-pyrrole nitrogens is 1. The van der Waals surface area contributed by atoms with Crippen molar-refractivity contribution in [3.63, 3.8) is 0 Å². The van der Waals surface area contributed by atoms with E-state index in [1.165, 1.54) is 24.3 Å². The molecule has 0 bridgehead atoms. The lowest BCUT2D eigenvalue weighted by molar-refractivity contribution is -0.0387. The number of aromatic nitrogens is 2. The third-order valence-electron chi connectivity index (χ3n) is 5.42. The second kappa shape index (κ2) is 9.17. The fourth-order valence-corrected chi connectivity index (χ4v) is 3.62. The van der Waals surface area contributed by atoms with E-state index in [4.69, 9.17) is 4.74 Å². The Morgan fingerprint density at radius 3 is 2.44 bits per heavy atom. The second-order valence-corrected chi connectivity index (χ2v) is 7.63. The average Bonchev–Trinajstić information content (AvgIpc) is 3.08. The number of aromatic amines is 1. The number of aromatic hydroxyl groups is 1. The molecule has 2 aromatic carbocycles. The molecule has 12 heteroatoms. The highest BCUT2D eigenvalue weighted by Gasteiger charge is 2.44. The highest BCUT2D eigenvalue weighted by molar-refractivity contribution is 5.98. The van der Waals surface area contributed by atoms with Gasteiger partial charge in [0.15, 0.2) is 17.9 Å². The quantitative estimate of drug-likeness (QED) is 0.354. The number of ether oxygens (including phenoxy) is 1. The van der Waals surface area contributed by atoms with E-state index in [9.17, 15) is 38.5 Å². The van der Waals surface area contributed by atoms with E-state index in [-0.39, 0.29) is 23.4 Å². The number of aliphatic hydroxyl groups is 2. The fraction of sp³-hybridized carbons (Fsp3) is 0.227. The van der Waals surface area contributed by atoms with Gasteiger partial charge in [-0.25, -0.2) is 13.6 Å². The van der Waals surface area contributed by atoms with E-state index in [1.54, 1.807) is 0 Å². The number of carbonyl (C=O) groups is 1. The standard InChI is InChI=1S/C22H19F2N3O7/c23-13-3-1-11(8-14(13)24)10-2-4-15(28)12(7-10)20(32)25-9-16-18(30)19(31)21(34-16)27-6-5-17(29)26-22(27)33/h1-8,16,18-19,21,28,30-31H,9H2,(H,25,32)(H,26,29,33)/t16-,18-,19-,21-/m1/s1. The van der Waals surface area contributed by atoms with Gasteiger partial charge >= 0.3 is 5.69 Å². The maximum Gasteiger partial charge on any atom is 0.330 e. The van der Waals surface area contributed by atoms with E-state index >= 15 is 0 Å². The zero-order chi connectivity index (χ0) is 24.6. The molecule has 5 N–H and O–H groups in total. The Morgan fingerprint density at radius 1 is 1.03 bits per heavy atom. The van der Waals surface area contributed by atoms with Crippen LogP contribution >= 0.6 is 0 Å². The third-order valence-corrected chi connectivity index (χ3v) is 5.42. The zero-order valence-corrected chi connectivity index (χ0v) is 17.3. The number of benzene rings is 2. The molecule has 1 aliphatic heterocycles. The molecule has 0 aliphatic carbocycles. The topological polar surface area (TPSA) is 154 Å². The molecule has 0 spiro atoms. The van der Waals surface area contributed by atoms with Gasteiger partial charge in [0.1, 0.15) is 24.1 Å². The van der Waals surface area contributed by atoms with Gasteiger partial charge in [0.25, 0.3) is 11.5 Å². The summed E-state index contributed by atoms with van der Waals surface area (Å²) in [5.41, 5.74) is -1.06. The lowest BCUT2D eigenvalue weighted by Gasteiger charge is -2.17. The normalized spacial score (nSPS) is 22.0. The van der Waals surface area contributed by atoms with Crippen molar-refractivity contribution in [2.24, 2.45) is 0 Å². The number of amides is 1. The monoisotopic (exact) mass is 475 g/mol. The molecule has 1 amide bonds. The predicted molar refractivity (Wildman–Crippen MR) is 113 cm³/mol. The SMILES string of the molecule is O=C(NC[C@H]1O[C@@H](n2ccc(=O)[nH]c2=O)[C@H](O)[C@@H]1O)c1cc(-c2ccc(F)c(F)c2)ccc1O. The van der Waals surface area contributed by atoms with Gasteiger partial charge in [-0.05, 0) is 35.4 Å². The minimum absolute atomic E-state index is 0.177. The van der Waals surface area contributed by atoms with E-state index in [0.29, 0.717) is 5.56 Å². The van der Waals surface area contributed by atoms with E-state index < -0.39 is 53.3 Å². The van der Waals surface area contributed by atoms with Crippen molar-refractivity contribution in [3.8, 4) is 16.9 Å². The van der Waals surface area contributed by atoms with Crippen LogP contribution in [0.5, 0.6) is 5.75 Å². The van der Waals surface area contributed by atoms with E-state index in [1.807, 2.05) is 4.98 Å². The van der Waals surface area contributed by atoms with Crippen LogP contribution < -0.4 is 16.6 Å². The molecule has 178 valence electrons. The van der Waals surface area contributed by atoms with E-state index in [2.05, 4.69) is 5.32 Å². The second-order valence-electron chi connectivity index (χ2n) is 7.63. The lowest BCUT2D eigenvalue weighted by Crippen LogP contribution is -2.40. The summed E-state index contributed by atoms with van der Waals surface area (Å²) in [5.74, 6) is -3.25. The summed E-state index contributed by atoms with van der Waals surface area (Å²) >= 11 is 0. The Morgan fingerprint density at radius 2 is 1.74 bits per heavy atom. The van der Waals surface area contributed by atoms with Crippen LogP contribution in [0, 0.1) is 11.6 Å². The largest absolute Gasteiger partial charge is 0.507 e.